The Hall–Kier alpha value is -2.14. The molecule has 1 heterocycles. The fourth-order valence-corrected chi connectivity index (χ4v) is 4.82. The van der Waals surface area contributed by atoms with Crippen molar-refractivity contribution < 1.29 is 4.79 Å². The predicted molar refractivity (Wildman–Crippen MR) is 133 cm³/mol. The molecule has 0 radical (unpaired) electrons. The molecule has 0 aliphatic heterocycles. The molecule has 0 saturated heterocycles. The highest BCUT2D eigenvalue weighted by molar-refractivity contribution is 6.44. The highest BCUT2D eigenvalue weighted by atomic mass is 35.5. The lowest BCUT2D eigenvalue weighted by molar-refractivity contribution is 0.161. The Labute approximate surface area is 204 Å². The summed E-state index contributed by atoms with van der Waals surface area (Å²) >= 11 is 18.8. The van der Waals surface area contributed by atoms with Gasteiger partial charge in [0.25, 0.3) is 0 Å². The van der Waals surface area contributed by atoms with Gasteiger partial charge >= 0.3 is 6.03 Å². The van der Waals surface area contributed by atoms with Crippen molar-refractivity contribution in [1.29, 1.82) is 0 Å². The molecule has 0 atom stereocenters. The molecule has 4 nitrogen and oxygen atoms in total. The Morgan fingerprint density at radius 1 is 0.938 bits per heavy atom. The first kappa shape index (κ1) is 23.0. The third-order valence-corrected chi connectivity index (χ3v) is 7.21. The van der Waals surface area contributed by atoms with Gasteiger partial charge in [-0.15, -0.1) is 0 Å². The summed E-state index contributed by atoms with van der Waals surface area (Å²) in [6.07, 6.45) is 7.52. The lowest BCUT2D eigenvalue weighted by Crippen LogP contribution is -2.43. The van der Waals surface area contributed by atoms with Crippen LogP contribution in [0.5, 0.6) is 0 Å². The van der Waals surface area contributed by atoms with Crippen molar-refractivity contribution in [1.82, 2.24) is 9.47 Å². The maximum Gasteiger partial charge on any atom is 0.322 e. The van der Waals surface area contributed by atoms with Gasteiger partial charge in [0, 0.05) is 29.5 Å². The van der Waals surface area contributed by atoms with Gasteiger partial charge in [-0.1, -0.05) is 78.3 Å². The number of hydrogen-bond acceptors (Lipinski definition) is 1. The molecule has 4 rings (SSSR count). The number of aromatic nitrogens is 1. The average molecular weight is 491 g/mol. The van der Waals surface area contributed by atoms with Crippen LogP contribution in [0.3, 0.4) is 0 Å². The first-order chi connectivity index (χ1) is 15.5. The first-order valence-electron chi connectivity index (χ1n) is 10.9. The van der Waals surface area contributed by atoms with Gasteiger partial charge < -0.3 is 14.8 Å². The van der Waals surface area contributed by atoms with E-state index in [4.69, 9.17) is 34.8 Å². The third kappa shape index (κ3) is 5.43. The Kier molecular flexibility index (Phi) is 7.67. The van der Waals surface area contributed by atoms with Crippen LogP contribution in [-0.4, -0.2) is 21.5 Å². The second-order valence-corrected chi connectivity index (χ2v) is 9.36. The van der Waals surface area contributed by atoms with Crippen LogP contribution < -0.4 is 5.32 Å². The smallest absolute Gasteiger partial charge is 0.322 e. The second kappa shape index (κ2) is 10.7. The van der Waals surface area contributed by atoms with Gasteiger partial charge in [-0.25, -0.2) is 4.79 Å². The Balaban J connectivity index is 1.57. The van der Waals surface area contributed by atoms with Crippen molar-refractivity contribution >= 4 is 46.5 Å². The molecule has 2 aromatic carbocycles. The van der Waals surface area contributed by atoms with E-state index in [9.17, 15) is 4.79 Å². The zero-order valence-corrected chi connectivity index (χ0v) is 20.0. The van der Waals surface area contributed by atoms with Crippen LogP contribution in [0.2, 0.25) is 15.1 Å². The predicted octanol–water partition coefficient (Wildman–Crippen LogP) is 7.86. The van der Waals surface area contributed by atoms with Crippen LogP contribution in [-0.2, 0) is 13.1 Å². The number of urea groups is 1. The number of amides is 2. The number of benzene rings is 2. The summed E-state index contributed by atoms with van der Waals surface area (Å²) in [6, 6.07) is 17.2. The van der Waals surface area contributed by atoms with Gasteiger partial charge in [-0.2, -0.15) is 0 Å². The van der Waals surface area contributed by atoms with E-state index < -0.39 is 0 Å². The minimum absolute atomic E-state index is 0.161. The van der Waals surface area contributed by atoms with Crippen molar-refractivity contribution in [3.63, 3.8) is 0 Å². The van der Waals surface area contributed by atoms with E-state index in [2.05, 4.69) is 16.0 Å². The van der Waals surface area contributed by atoms with E-state index in [1.807, 2.05) is 41.4 Å². The number of halogens is 3. The molecule has 1 N–H and O–H groups in total. The quantitative estimate of drug-likeness (QED) is 0.375. The molecule has 0 spiro atoms. The molecular formula is C25H26Cl3N3O. The van der Waals surface area contributed by atoms with Crippen LogP contribution in [0.15, 0.2) is 60.8 Å². The molecular weight excluding hydrogens is 465 g/mol. The van der Waals surface area contributed by atoms with Gasteiger partial charge in [0.2, 0.25) is 0 Å². The second-order valence-electron chi connectivity index (χ2n) is 8.17. The number of nitrogens with one attached hydrogen (secondary N) is 1. The molecule has 1 aromatic heterocycles. The van der Waals surface area contributed by atoms with E-state index in [1.54, 1.807) is 18.2 Å². The van der Waals surface area contributed by atoms with Crippen LogP contribution in [0.4, 0.5) is 10.5 Å². The number of rotatable bonds is 6. The fourth-order valence-electron chi connectivity index (χ4n) is 4.28. The van der Waals surface area contributed by atoms with Crippen molar-refractivity contribution in [2.45, 2.75) is 51.2 Å². The fraction of sp³-hybridized carbons (Fsp3) is 0.320. The van der Waals surface area contributed by atoms with Gasteiger partial charge in [-0.3, -0.25) is 0 Å². The molecule has 1 fully saturated rings. The summed E-state index contributed by atoms with van der Waals surface area (Å²) in [6.45, 7) is 1.16. The standard InChI is InChI=1S/C25H26Cl3N3O/c26-21-12-5-4-8-18(21)16-30-15-7-11-20(30)17-31(19-9-2-1-3-10-19)25(32)29-23-14-6-13-22(27)24(23)28/h4-8,11-15,19H,1-3,9-10,16-17H2,(H,29,32). The Morgan fingerprint density at radius 3 is 2.47 bits per heavy atom. The molecule has 1 aliphatic rings. The molecule has 7 heteroatoms. The molecule has 1 saturated carbocycles. The zero-order valence-electron chi connectivity index (χ0n) is 17.7. The van der Waals surface area contributed by atoms with Crippen LogP contribution in [0.25, 0.3) is 0 Å². The molecule has 0 bridgehead atoms. The van der Waals surface area contributed by atoms with E-state index in [0.29, 0.717) is 28.8 Å². The molecule has 2 amide bonds. The van der Waals surface area contributed by atoms with Crippen LogP contribution in [0.1, 0.15) is 43.4 Å². The van der Waals surface area contributed by atoms with Gasteiger partial charge in [-0.05, 0) is 48.7 Å². The molecule has 3 aromatic rings. The highest BCUT2D eigenvalue weighted by Crippen LogP contribution is 2.31. The third-order valence-electron chi connectivity index (χ3n) is 6.02. The van der Waals surface area contributed by atoms with Crippen LogP contribution in [0, 0.1) is 0 Å². The average Bonchev–Trinajstić information content (AvgIpc) is 3.24. The van der Waals surface area contributed by atoms with Crippen molar-refractivity contribution in [2.75, 3.05) is 5.32 Å². The van der Waals surface area contributed by atoms with Gasteiger partial charge in [0.05, 0.1) is 22.3 Å². The summed E-state index contributed by atoms with van der Waals surface area (Å²) in [4.78, 5) is 15.3. The summed E-state index contributed by atoms with van der Waals surface area (Å²) in [5, 5.41) is 4.49. The Bertz CT molecular complexity index is 1080. The zero-order chi connectivity index (χ0) is 22.5. The molecule has 1 aliphatic carbocycles. The summed E-state index contributed by atoms with van der Waals surface area (Å²) in [5.74, 6) is 0. The molecule has 32 heavy (non-hydrogen) atoms. The highest BCUT2D eigenvalue weighted by Gasteiger charge is 2.27. The van der Waals surface area contributed by atoms with Gasteiger partial charge in [0.1, 0.15) is 0 Å². The summed E-state index contributed by atoms with van der Waals surface area (Å²) in [7, 11) is 0. The van der Waals surface area contributed by atoms with Crippen LogP contribution >= 0.6 is 34.8 Å². The molecule has 168 valence electrons. The summed E-state index contributed by atoms with van der Waals surface area (Å²) in [5.41, 5.74) is 2.63. The summed E-state index contributed by atoms with van der Waals surface area (Å²) < 4.78 is 2.15. The SMILES string of the molecule is O=C(Nc1cccc(Cl)c1Cl)N(Cc1cccn1Cc1ccccc1Cl)C1CCCCC1. The van der Waals surface area contributed by atoms with E-state index in [0.717, 1.165) is 42.0 Å². The normalized spacial score (nSPS) is 14.3. The number of carbonyl (C=O) groups is 1. The van der Waals surface area contributed by atoms with Crippen molar-refractivity contribution in [3.8, 4) is 0 Å². The van der Waals surface area contributed by atoms with E-state index in [-0.39, 0.29) is 12.1 Å². The first-order valence-corrected chi connectivity index (χ1v) is 12.1. The topological polar surface area (TPSA) is 37.3 Å². The maximum absolute atomic E-state index is 13.4. The van der Waals surface area contributed by atoms with Crippen molar-refractivity contribution in [2.24, 2.45) is 0 Å². The van der Waals surface area contributed by atoms with E-state index >= 15 is 0 Å². The number of nitrogens with zero attached hydrogens (tertiary/aromatic N) is 2. The lowest BCUT2D eigenvalue weighted by atomic mass is 9.94. The number of anilines is 1. The molecule has 0 unspecified atom stereocenters. The van der Waals surface area contributed by atoms with Crippen molar-refractivity contribution in [3.05, 3.63) is 87.1 Å². The van der Waals surface area contributed by atoms with Gasteiger partial charge in [0.15, 0.2) is 0 Å². The monoisotopic (exact) mass is 489 g/mol. The number of carbonyl (C=O) groups excluding carboxylic acids is 1. The van der Waals surface area contributed by atoms with E-state index in [1.165, 1.54) is 6.42 Å². The minimum Gasteiger partial charge on any atom is -0.345 e. The largest absolute Gasteiger partial charge is 0.345 e. The minimum atomic E-state index is -0.161. The Morgan fingerprint density at radius 2 is 1.69 bits per heavy atom. The lowest BCUT2D eigenvalue weighted by Gasteiger charge is -2.34. The number of hydrogen-bond donors (Lipinski definition) is 1. The maximum atomic E-state index is 13.4.